The third-order valence-electron chi connectivity index (χ3n) is 3.23. The zero-order chi connectivity index (χ0) is 13.7. The van der Waals surface area contributed by atoms with Crippen molar-refractivity contribution in [3.63, 3.8) is 0 Å². The first-order chi connectivity index (χ1) is 9.20. The summed E-state index contributed by atoms with van der Waals surface area (Å²) < 4.78 is 0. The summed E-state index contributed by atoms with van der Waals surface area (Å²) in [6.45, 7) is 2.04. The Balaban J connectivity index is 2.21. The lowest BCUT2D eigenvalue weighted by Gasteiger charge is -2.11. The van der Waals surface area contributed by atoms with E-state index in [2.05, 4.69) is 24.3 Å². The van der Waals surface area contributed by atoms with E-state index in [4.69, 9.17) is 5.26 Å². The number of benzene rings is 2. The Morgan fingerprint density at radius 1 is 1.11 bits per heavy atom. The summed E-state index contributed by atoms with van der Waals surface area (Å²) >= 11 is 0. The molecule has 0 aliphatic rings. The van der Waals surface area contributed by atoms with E-state index in [0.29, 0.717) is 6.42 Å². The van der Waals surface area contributed by atoms with Gasteiger partial charge in [-0.2, -0.15) is 5.26 Å². The molecule has 0 unspecified atom stereocenters. The molecule has 2 aromatic rings. The van der Waals surface area contributed by atoms with E-state index in [9.17, 15) is 5.11 Å². The highest BCUT2D eigenvalue weighted by Crippen LogP contribution is 2.23. The van der Waals surface area contributed by atoms with Crippen LogP contribution < -0.4 is 0 Å². The summed E-state index contributed by atoms with van der Waals surface area (Å²) in [7, 11) is 0. The Morgan fingerprint density at radius 3 is 2.47 bits per heavy atom. The molecule has 0 aliphatic carbocycles. The van der Waals surface area contributed by atoms with Gasteiger partial charge < -0.3 is 5.11 Å². The molecule has 1 N–H and O–H groups in total. The summed E-state index contributed by atoms with van der Waals surface area (Å²) in [4.78, 5) is 0. The Morgan fingerprint density at radius 2 is 1.84 bits per heavy atom. The topological polar surface area (TPSA) is 44.0 Å². The third-order valence-corrected chi connectivity index (χ3v) is 3.23. The van der Waals surface area contributed by atoms with Gasteiger partial charge in [-0.25, -0.2) is 0 Å². The van der Waals surface area contributed by atoms with E-state index in [-0.39, 0.29) is 6.42 Å². The van der Waals surface area contributed by atoms with Crippen molar-refractivity contribution in [2.24, 2.45) is 0 Å². The number of aryl methyl sites for hydroxylation is 1. The standard InChI is InChI=1S/C17H17NO/c1-13-11-16(14-5-3-2-4-6-14)8-7-15(13)12-17(19)9-10-18/h2-8,11,17,19H,9,12H2,1H3/t17-/m1/s1. The van der Waals surface area contributed by atoms with E-state index in [1.165, 1.54) is 11.1 Å². The normalized spacial score (nSPS) is 11.8. The van der Waals surface area contributed by atoms with Gasteiger partial charge in [0.25, 0.3) is 0 Å². The van der Waals surface area contributed by atoms with Gasteiger partial charge >= 0.3 is 0 Å². The van der Waals surface area contributed by atoms with Crippen molar-refractivity contribution in [2.45, 2.75) is 25.9 Å². The molecule has 0 amide bonds. The first-order valence-corrected chi connectivity index (χ1v) is 6.40. The van der Waals surface area contributed by atoms with Gasteiger partial charge in [0.05, 0.1) is 18.6 Å². The number of nitriles is 1. The van der Waals surface area contributed by atoms with E-state index in [0.717, 1.165) is 11.1 Å². The molecule has 2 rings (SSSR count). The Bertz CT molecular complexity index is 584. The van der Waals surface area contributed by atoms with Crippen LogP contribution in [0.1, 0.15) is 17.5 Å². The second-order valence-electron chi connectivity index (χ2n) is 4.73. The van der Waals surface area contributed by atoms with Crippen molar-refractivity contribution in [3.8, 4) is 17.2 Å². The van der Waals surface area contributed by atoms with Crippen LogP contribution in [0.2, 0.25) is 0 Å². The molecule has 2 nitrogen and oxygen atoms in total. The number of rotatable bonds is 4. The zero-order valence-corrected chi connectivity index (χ0v) is 11.0. The highest BCUT2D eigenvalue weighted by atomic mass is 16.3. The number of hydrogen-bond acceptors (Lipinski definition) is 2. The maximum absolute atomic E-state index is 9.69. The molecule has 0 aromatic heterocycles. The first-order valence-electron chi connectivity index (χ1n) is 6.40. The maximum Gasteiger partial charge on any atom is 0.0710 e. The second kappa shape index (κ2) is 6.17. The predicted octanol–water partition coefficient (Wildman–Crippen LogP) is 3.48. The molecule has 0 spiro atoms. The quantitative estimate of drug-likeness (QED) is 0.904. The van der Waals surface area contributed by atoms with Crippen LogP contribution >= 0.6 is 0 Å². The predicted molar refractivity (Wildman–Crippen MR) is 76.6 cm³/mol. The van der Waals surface area contributed by atoms with Crippen molar-refractivity contribution in [2.75, 3.05) is 0 Å². The van der Waals surface area contributed by atoms with Gasteiger partial charge in [0, 0.05) is 0 Å². The van der Waals surface area contributed by atoms with Crippen LogP contribution in [-0.4, -0.2) is 11.2 Å². The van der Waals surface area contributed by atoms with E-state index in [1.54, 1.807) is 0 Å². The van der Waals surface area contributed by atoms with Crippen molar-refractivity contribution in [1.29, 1.82) is 5.26 Å². The summed E-state index contributed by atoms with van der Waals surface area (Å²) in [5.74, 6) is 0. The minimum Gasteiger partial charge on any atom is -0.392 e. The van der Waals surface area contributed by atoms with E-state index in [1.807, 2.05) is 37.3 Å². The summed E-state index contributed by atoms with van der Waals surface area (Å²) in [5, 5.41) is 18.3. The lowest BCUT2D eigenvalue weighted by Crippen LogP contribution is -2.10. The van der Waals surface area contributed by atoms with Crippen LogP contribution in [-0.2, 0) is 6.42 Å². The molecule has 0 saturated heterocycles. The average molecular weight is 251 g/mol. The second-order valence-corrected chi connectivity index (χ2v) is 4.73. The van der Waals surface area contributed by atoms with Crippen molar-refractivity contribution < 1.29 is 5.11 Å². The van der Waals surface area contributed by atoms with Crippen molar-refractivity contribution >= 4 is 0 Å². The summed E-state index contributed by atoms with van der Waals surface area (Å²) in [6.07, 6.45) is 0.139. The molecule has 19 heavy (non-hydrogen) atoms. The number of aliphatic hydroxyl groups excluding tert-OH is 1. The minimum atomic E-state index is -0.578. The number of nitrogens with zero attached hydrogens (tertiary/aromatic N) is 1. The highest BCUT2D eigenvalue weighted by molar-refractivity contribution is 5.64. The van der Waals surface area contributed by atoms with Crippen LogP contribution in [0.3, 0.4) is 0 Å². The van der Waals surface area contributed by atoms with Gasteiger partial charge in [0.15, 0.2) is 0 Å². The monoisotopic (exact) mass is 251 g/mol. The molecule has 0 fully saturated rings. The van der Waals surface area contributed by atoms with Crippen molar-refractivity contribution in [3.05, 3.63) is 59.7 Å². The molecule has 0 heterocycles. The van der Waals surface area contributed by atoms with Crippen LogP contribution in [0.5, 0.6) is 0 Å². The number of hydrogen-bond donors (Lipinski definition) is 1. The fourth-order valence-electron chi connectivity index (χ4n) is 2.17. The molecule has 0 aliphatic heterocycles. The van der Waals surface area contributed by atoms with E-state index >= 15 is 0 Å². The molecule has 0 radical (unpaired) electrons. The molecule has 96 valence electrons. The van der Waals surface area contributed by atoms with Crippen LogP contribution in [0, 0.1) is 18.3 Å². The van der Waals surface area contributed by atoms with E-state index < -0.39 is 6.10 Å². The molecule has 2 aromatic carbocycles. The fraction of sp³-hybridized carbons (Fsp3) is 0.235. The maximum atomic E-state index is 9.69. The molecule has 2 heteroatoms. The van der Waals surface area contributed by atoms with Gasteiger partial charge in [-0.15, -0.1) is 0 Å². The van der Waals surface area contributed by atoms with Gasteiger partial charge in [0.2, 0.25) is 0 Å². The fourth-order valence-corrected chi connectivity index (χ4v) is 2.17. The lowest BCUT2D eigenvalue weighted by molar-refractivity contribution is 0.180. The third kappa shape index (κ3) is 3.43. The molecule has 0 bridgehead atoms. The van der Waals surface area contributed by atoms with Crippen LogP contribution in [0.15, 0.2) is 48.5 Å². The molecular weight excluding hydrogens is 234 g/mol. The largest absolute Gasteiger partial charge is 0.392 e. The Kier molecular flexibility index (Phi) is 4.33. The average Bonchev–Trinajstić information content (AvgIpc) is 2.42. The van der Waals surface area contributed by atoms with Gasteiger partial charge in [0.1, 0.15) is 0 Å². The van der Waals surface area contributed by atoms with Gasteiger partial charge in [-0.3, -0.25) is 0 Å². The number of aliphatic hydroxyl groups is 1. The molecular formula is C17H17NO. The molecule has 0 saturated carbocycles. The molecule has 1 atom stereocenters. The van der Waals surface area contributed by atoms with Gasteiger partial charge in [-0.05, 0) is 35.6 Å². The summed E-state index contributed by atoms with van der Waals surface area (Å²) in [5.41, 5.74) is 4.62. The smallest absolute Gasteiger partial charge is 0.0710 e. The van der Waals surface area contributed by atoms with Crippen LogP contribution in [0.4, 0.5) is 0 Å². The van der Waals surface area contributed by atoms with Gasteiger partial charge in [-0.1, -0.05) is 48.5 Å². The van der Waals surface area contributed by atoms with Crippen LogP contribution in [0.25, 0.3) is 11.1 Å². The SMILES string of the molecule is Cc1cc(-c2ccccc2)ccc1C[C@H](O)CC#N. The van der Waals surface area contributed by atoms with Crippen molar-refractivity contribution in [1.82, 2.24) is 0 Å². The first kappa shape index (κ1) is 13.3. The zero-order valence-electron chi connectivity index (χ0n) is 11.0. The lowest BCUT2D eigenvalue weighted by atomic mass is 9.96. The summed E-state index contributed by atoms with van der Waals surface area (Å²) in [6, 6.07) is 18.4. The highest BCUT2D eigenvalue weighted by Gasteiger charge is 2.08. The Hall–Kier alpha value is -2.11. The Labute approximate surface area is 114 Å². The minimum absolute atomic E-state index is 0.180.